The van der Waals surface area contributed by atoms with Crippen molar-refractivity contribution in [1.29, 1.82) is 0 Å². The van der Waals surface area contributed by atoms with Crippen LogP contribution in [0.25, 0.3) is 0 Å². The van der Waals surface area contributed by atoms with Crippen molar-refractivity contribution >= 4 is 33.6 Å². The van der Waals surface area contributed by atoms with Gasteiger partial charge in [0.1, 0.15) is 0 Å². The molecule has 0 fully saturated rings. The highest BCUT2D eigenvalue weighted by Gasteiger charge is 2.04. The van der Waals surface area contributed by atoms with Gasteiger partial charge in [0.25, 0.3) is 0 Å². The van der Waals surface area contributed by atoms with Crippen molar-refractivity contribution in [2.75, 3.05) is 12.3 Å². The van der Waals surface area contributed by atoms with Gasteiger partial charge >= 0.3 is 0 Å². The molecule has 0 bridgehead atoms. The van der Waals surface area contributed by atoms with Crippen LogP contribution in [0.1, 0.15) is 13.3 Å². The normalized spacial score (nSPS) is 12.2. The minimum atomic E-state index is -0.491. The van der Waals surface area contributed by atoms with Gasteiger partial charge in [-0.3, -0.25) is 4.79 Å². The summed E-state index contributed by atoms with van der Waals surface area (Å²) in [6.07, 6.45) is -0.0338. The summed E-state index contributed by atoms with van der Waals surface area (Å²) in [6, 6.07) is 7.93. The highest BCUT2D eigenvalue weighted by molar-refractivity contribution is 9.10. The van der Waals surface area contributed by atoms with Crippen molar-refractivity contribution in [3.05, 3.63) is 28.7 Å². The van der Waals surface area contributed by atoms with E-state index in [0.29, 0.717) is 13.0 Å². The van der Waals surface area contributed by atoms with Crippen molar-refractivity contribution in [1.82, 2.24) is 5.32 Å². The molecule has 17 heavy (non-hydrogen) atoms. The first-order chi connectivity index (χ1) is 8.09. The fourth-order valence-electron chi connectivity index (χ4n) is 1.17. The van der Waals surface area contributed by atoms with Gasteiger partial charge in [0, 0.05) is 28.1 Å². The maximum atomic E-state index is 11.4. The maximum absolute atomic E-state index is 11.4. The predicted molar refractivity (Wildman–Crippen MR) is 74.2 cm³/mol. The Balaban J connectivity index is 2.24. The molecule has 1 aromatic carbocycles. The molecule has 0 heterocycles. The number of hydrogen-bond donors (Lipinski definition) is 2. The number of thioether (sulfide) groups is 1. The van der Waals surface area contributed by atoms with Gasteiger partial charge in [-0.1, -0.05) is 12.1 Å². The van der Waals surface area contributed by atoms with Gasteiger partial charge < -0.3 is 10.4 Å². The second-order valence-corrected chi connectivity index (χ2v) is 5.67. The van der Waals surface area contributed by atoms with Crippen LogP contribution in [0, 0.1) is 0 Å². The summed E-state index contributed by atoms with van der Waals surface area (Å²) >= 11 is 5.10. The average molecular weight is 318 g/mol. The predicted octanol–water partition coefficient (Wildman–Crippen LogP) is 2.43. The molecule has 0 aliphatic rings. The molecule has 94 valence electrons. The number of halogens is 1. The molecule has 2 N–H and O–H groups in total. The van der Waals surface area contributed by atoms with Crippen molar-refractivity contribution in [3.63, 3.8) is 0 Å². The molecule has 1 unspecified atom stereocenters. The van der Waals surface area contributed by atoms with Gasteiger partial charge in [0.2, 0.25) is 5.91 Å². The lowest BCUT2D eigenvalue weighted by atomic mass is 10.4. The standard InChI is InChI=1S/C12H16BrNO2S/c1-9(15)8-14-12(16)6-7-17-11-5-3-2-4-10(11)13/h2-5,9,15H,6-8H2,1H3,(H,14,16). The monoisotopic (exact) mass is 317 g/mol. The Bertz CT molecular complexity index is 371. The number of amides is 1. The van der Waals surface area contributed by atoms with E-state index in [1.165, 1.54) is 0 Å². The second kappa shape index (κ2) is 7.74. The number of nitrogens with one attached hydrogen (secondary N) is 1. The third-order valence-electron chi connectivity index (χ3n) is 2.02. The Morgan fingerprint density at radius 1 is 1.53 bits per heavy atom. The van der Waals surface area contributed by atoms with E-state index in [9.17, 15) is 4.79 Å². The third kappa shape index (κ3) is 6.10. The first kappa shape index (κ1) is 14.5. The Morgan fingerprint density at radius 3 is 2.88 bits per heavy atom. The van der Waals surface area contributed by atoms with Gasteiger partial charge in [-0.2, -0.15) is 0 Å². The number of carbonyl (C=O) groups is 1. The van der Waals surface area contributed by atoms with Crippen LogP contribution >= 0.6 is 27.7 Å². The van der Waals surface area contributed by atoms with Gasteiger partial charge in [-0.25, -0.2) is 0 Å². The van der Waals surface area contributed by atoms with Crippen LogP contribution in [0.2, 0.25) is 0 Å². The van der Waals surface area contributed by atoms with E-state index in [4.69, 9.17) is 5.11 Å². The van der Waals surface area contributed by atoms with Crippen molar-refractivity contribution in [2.24, 2.45) is 0 Å². The largest absolute Gasteiger partial charge is 0.392 e. The summed E-state index contributed by atoms with van der Waals surface area (Å²) in [5, 5.41) is 11.7. The number of aliphatic hydroxyl groups is 1. The highest BCUT2D eigenvalue weighted by Crippen LogP contribution is 2.27. The summed E-state index contributed by atoms with van der Waals surface area (Å²) in [7, 11) is 0. The molecule has 1 aromatic rings. The first-order valence-electron chi connectivity index (χ1n) is 5.41. The zero-order valence-corrected chi connectivity index (χ0v) is 12.1. The molecule has 0 aliphatic heterocycles. The zero-order valence-electron chi connectivity index (χ0n) is 9.65. The second-order valence-electron chi connectivity index (χ2n) is 3.68. The van der Waals surface area contributed by atoms with Gasteiger partial charge in [-0.05, 0) is 35.0 Å². The number of aliphatic hydroxyl groups excluding tert-OH is 1. The molecule has 0 radical (unpaired) electrons. The maximum Gasteiger partial charge on any atom is 0.220 e. The molecule has 3 nitrogen and oxygen atoms in total. The van der Waals surface area contributed by atoms with Gasteiger partial charge in [0.05, 0.1) is 6.10 Å². The summed E-state index contributed by atoms with van der Waals surface area (Å²) in [5.74, 6) is 0.708. The lowest BCUT2D eigenvalue weighted by Gasteiger charge is -2.07. The van der Waals surface area contributed by atoms with E-state index in [2.05, 4.69) is 21.2 Å². The summed E-state index contributed by atoms with van der Waals surface area (Å²) < 4.78 is 1.05. The Morgan fingerprint density at radius 2 is 2.24 bits per heavy atom. The van der Waals surface area contributed by atoms with Crippen LogP contribution in [0.5, 0.6) is 0 Å². The van der Waals surface area contributed by atoms with E-state index >= 15 is 0 Å². The molecular formula is C12H16BrNO2S. The van der Waals surface area contributed by atoms with Crippen LogP contribution in [0.15, 0.2) is 33.6 Å². The number of rotatable bonds is 6. The highest BCUT2D eigenvalue weighted by atomic mass is 79.9. The fraction of sp³-hybridized carbons (Fsp3) is 0.417. The van der Waals surface area contributed by atoms with E-state index < -0.39 is 6.10 Å². The average Bonchev–Trinajstić information content (AvgIpc) is 2.29. The minimum absolute atomic E-state index is 0.0227. The lowest BCUT2D eigenvalue weighted by Crippen LogP contribution is -2.30. The fourth-order valence-corrected chi connectivity index (χ4v) is 2.68. The number of hydrogen-bond acceptors (Lipinski definition) is 3. The SMILES string of the molecule is CC(O)CNC(=O)CCSc1ccccc1Br. The van der Waals surface area contributed by atoms with E-state index in [0.717, 1.165) is 15.1 Å². The zero-order chi connectivity index (χ0) is 12.7. The van der Waals surface area contributed by atoms with Crippen LogP contribution in [-0.2, 0) is 4.79 Å². The van der Waals surface area contributed by atoms with Crippen LogP contribution in [-0.4, -0.2) is 29.4 Å². The van der Waals surface area contributed by atoms with Crippen molar-refractivity contribution < 1.29 is 9.90 Å². The number of benzene rings is 1. The van der Waals surface area contributed by atoms with Gasteiger partial charge in [-0.15, -0.1) is 11.8 Å². The molecule has 0 saturated carbocycles. The third-order valence-corrected chi connectivity index (χ3v) is 4.05. The van der Waals surface area contributed by atoms with Crippen LogP contribution in [0.4, 0.5) is 0 Å². The lowest BCUT2D eigenvalue weighted by molar-refractivity contribution is -0.121. The molecular weight excluding hydrogens is 302 g/mol. The van der Waals surface area contributed by atoms with Crippen molar-refractivity contribution in [3.8, 4) is 0 Å². The van der Waals surface area contributed by atoms with Gasteiger partial charge in [0.15, 0.2) is 0 Å². The summed E-state index contributed by atoms with van der Waals surface area (Å²) in [4.78, 5) is 12.5. The topological polar surface area (TPSA) is 49.3 Å². The molecule has 1 amide bonds. The summed E-state index contributed by atoms with van der Waals surface area (Å²) in [6.45, 7) is 1.97. The molecule has 0 aliphatic carbocycles. The first-order valence-corrected chi connectivity index (χ1v) is 7.19. The molecule has 0 saturated heterocycles. The Labute approximate surface area is 114 Å². The minimum Gasteiger partial charge on any atom is -0.392 e. The van der Waals surface area contributed by atoms with Crippen LogP contribution < -0.4 is 5.32 Å². The van der Waals surface area contributed by atoms with E-state index in [1.807, 2.05) is 24.3 Å². The molecule has 1 rings (SSSR count). The van der Waals surface area contributed by atoms with E-state index in [-0.39, 0.29) is 5.91 Å². The van der Waals surface area contributed by atoms with Crippen molar-refractivity contribution in [2.45, 2.75) is 24.3 Å². The molecule has 5 heteroatoms. The molecule has 0 spiro atoms. The smallest absolute Gasteiger partial charge is 0.220 e. The Hall–Kier alpha value is -0.520. The molecule has 0 aromatic heterocycles. The quantitative estimate of drug-likeness (QED) is 0.792. The summed E-state index contributed by atoms with van der Waals surface area (Å²) in [5.41, 5.74) is 0. The Kier molecular flexibility index (Phi) is 6.62. The molecule has 1 atom stereocenters. The van der Waals surface area contributed by atoms with Crippen LogP contribution in [0.3, 0.4) is 0 Å². The number of carbonyl (C=O) groups excluding carboxylic acids is 1. The van der Waals surface area contributed by atoms with E-state index in [1.54, 1.807) is 18.7 Å².